The van der Waals surface area contributed by atoms with Crippen LogP contribution in [0.25, 0.3) is 0 Å². The van der Waals surface area contributed by atoms with E-state index in [0.717, 1.165) is 49.4 Å². The van der Waals surface area contributed by atoms with Crippen molar-refractivity contribution in [3.63, 3.8) is 0 Å². The van der Waals surface area contributed by atoms with Gasteiger partial charge in [0.15, 0.2) is 0 Å². The first kappa shape index (κ1) is 19.5. The number of carbonyl (C=O) groups excluding carboxylic acids is 2. The van der Waals surface area contributed by atoms with Gasteiger partial charge in [-0.3, -0.25) is 9.59 Å². The van der Waals surface area contributed by atoms with Crippen molar-refractivity contribution in [1.82, 2.24) is 0 Å². The average molecular weight is 374 g/mol. The second-order valence-corrected chi connectivity index (χ2v) is 11.1. The van der Waals surface area contributed by atoms with Crippen LogP contribution in [0.3, 0.4) is 0 Å². The highest BCUT2D eigenvalue weighted by atomic mass is 16.1. The molecule has 3 unspecified atom stereocenters. The summed E-state index contributed by atoms with van der Waals surface area (Å²) in [6, 6.07) is 0. The van der Waals surface area contributed by atoms with Crippen LogP contribution in [-0.2, 0) is 9.59 Å². The van der Waals surface area contributed by atoms with Gasteiger partial charge >= 0.3 is 0 Å². The molecular weight excluding hydrogens is 334 g/mol. The van der Waals surface area contributed by atoms with Gasteiger partial charge in [0.25, 0.3) is 0 Å². The second-order valence-electron chi connectivity index (χ2n) is 11.1. The number of hydrogen-bond acceptors (Lipinski definition) is 2. The Bertz CT molecular complexity index is 616. The molecule has 0 aromatic heterocycles. The van der Waals surface area contributed by atoms with E-state index < -0.39 is 0 Å². The van der Waals surface area contributed by atoms with Crippen LogP contribution in [0, 0.1) is 46.3 Å². The predicted octanol–water partition coefficient (Wildman–Crippen LogP) is 5.12. The maximum Gasteiger partial charge on any atom is 0.217 e. The first-order valence-electron chi connectivity index (χ1n) is 11.6. The number of fused-ring (bicyclic) bond motifs is 5. The van der Waals surface area contributed by atoms with Crippen molar-refractivity contribution >= 4 is 11.7 Å². The monoisotopic (exact) mass is 373 g/mol. The van der Waals surface area contributed by atoms with Crippen LogP contribution in [-0.4, -0.2) is 11.7 Å². The molecule has 4 saturated carbocycles. The Labute approximate surface area is 165 Å². The lowest BCUT2D eigenvalue weighted by atomic mass is 9.44. The van der Waals surface area contributed by atoms with Gasteiger partial charge in [-0.05, 0) is 97.7 Å². The van der Waals surface area contributed by atoms with E-state index in [1.165, 1.54) is 38.5 Å². The fraction of sp³-hybridized carbons (Fsp3) is 0.917. The molecule has 3 heteroatoms. The van der Waals surface area contributed by atoms with Crippen LogP contribution >= 0.6 is 0 Å². The molecule has 1 amide bonds. The van der Waals surface area contributed by atoms with Crippen LogP contribution in [0.5, 0.6) is 0 Å². The predicted molar refractivity (Wildman–Crippen MR) is 108 cm³/mol. The van der Waals surface area contributed by atoms with E-state index >= 15 is 0 Å². The van der Waals surface area contributed by atoms with Gasteiger partial charge in [-0.25, -0.2) is 0 Å². The number of hydrogen-bond donors (Lipinski definition) is 1. The van der Waals surface area contributed by atoms with Gasteiger partial charge in [0.05, 0.1) is 0 Å². The summed E-state index contributed by atoms with van der Waals surface area (Å²) in [7, 11) is 0. The SMILES string of the molecule is C[C@H](CCC(N)=O)[C@H]1CCC2C3CC[C@H]4CC(=O)CC[C@]4(C)C3CC[C@@]21C. The van der Waals surface area contributed by atoms with Gasteiger partial charge in [0.2, 0.25) is 5.91 Å². The lowest BCUT2D eigenvalue weighted by molar-refractivity contribution is -0.140. The molecule has 0 radical (unpaired) electrons. The summed E-state index contributed by atoms with van der Waals surface area (Å²) in [6.07, 6.45) is 12.4. The third kappa shape index (κ3) is 3.08. The quantitative estimate of drug-likeness (QED) is 0.744. The smallest absolute Gasteiger partial charge is 0.217 e. The molecule has 0 aromatic rings. The Hall–Kier alpha value is -0.860. The fourth-order valence-corrected chi connectivity index (χ4v) is 8.59. The molecule has 4 aliphatic carbocycles. The summed E-state index contributed by atoms with van der Waals surface area (Å²) in [5.74, 6) is 4.92. The van der Waals surface area contributed by atoms with Crippen molar-refractivity contribution in [2.45, 2.75) is 91.4 Å². The topological polar surface area (TPSA) is 60.2 Å². The lowest BCUT2D eigenvalue weighted by Gasteiger charge is -2.60. The Balaban J connectivity index is 1.52. The molecule has 0 bridgehead atoms. The van der Waals surface area contributed by atoms with Gasteiger partial charge in [0, 0.05) is 19.3 Å². The zero-order valence-corrected chi connectivity index (χ0v) is 17.6. The summed E-state index contributed by atoms with van der Waals surface area (Å²) in [4.78, 5) is 23.3. The van der Waals surface area contributed by atoms with Crippen molar-refractivity contribution in [3.05, 3.63) is 0 Å². The van der Waals surface area contributed by atoms with Gasteiger partial charge in [-0.2, -0.15) is 0 Å². The van der Waals surface area contributed by atoms with E-state index in [1.807, 2.05) is 0 Å². The Morgan fingerprint density at radius 2 is 1.81 bits per heavy atom. The minimum atomic E-state index is -0.150. The molecule has 0 aliphatic heterocycles. The van der Waals surface area contributed by atoms with Gasteiger partial charge in [0.1, 0.15) is 5.78 Å². The standard InChI is InChI=1S/C24H39NO2/c1-15(4-9-22(25)27)19-7-8-20-18-6-5-16-14-17(26)10-12-23(16,2)21(18)11-13-24(19,20)3/h15-16,18-21H,4-14H2,1-3H3,(H2,25,27)/t15-,16+,18?,19-,20?,21?,23+,24-/m1/s1. The molecule has 4 aliphatic rings. The summed E-state index contributed by atoms with van der Waals surface area (Å²) >= 11 is 0. The molecule has 2 N–H and O–H groups in total. The van der Waals surface area contributed by atoms with Gasteiger partial charge in [-0.15, -0.1) is 0 Å². The number of rotatable bonds is 4. The molecule has 152 valence electrons. The Morgan fingerprint density at radius 3 is 2.56 bits per heavy atom. The molecule has 4 rings (SSSR count). The average Bonchev–Trinajstić information content (AvgIpc) is 2.97. The molecule has 3 nitrogen and oxygen atoms in total. The minimum Gasteiger partial charge on any atom is -0.370 e. The van der Waals surface area contributed by atoms with E-state index in [4.69, 9.17) is 5.73 Å². The van der Waals surface area contributed by atoms with E-state index in [1.54, 1.807) is 0 Å². The highest BCUT2D eigenvalue weighted by Gasteiger charge is 2.60. The Morgan fingerprint density at radius 1 is 1.07 bits per heavy atom. The van der Waals surface area contributed by atoms with E-state index in [9.17, 15) is 9.59 Å². The number of nitrogens with two attached hydrogens (primary N) is 1. The van der Waals surface area contributed by atoms with Crippen molar-refractivity contribution in [1.29, 1.82) is 0 Å². The molecule has 0 aromatic carbocycles. The summed E-state index contributed by atoms with van der Waals surface area (Å²) in [5, 5.41) is 0. The lowest BCUT2D eigenvalue weighted by Crippen LogP contribution is -2.53. The normalized spacial score (nSPS) is 47.7. The molecule has 27 heavy (non-hydrogen) atoms. The van der Waals surface area contributed by atoms with E-state index in [-0.39, 0.29) is 5.91 Å². The van der Waals surface area contributed by atoms with Gasteiger partial charge in [-0.1, -0.05) is 20.8 Å². The van der Waals surface area contributed by atoms with Crippen LogP contribution in [0.2, 0.25) is 0 Å². The number of carbonyl (C=O) groups is 2. The number of amides is 1. The zero-order chi connectivity index (χ0) is 19.4. The summed E-state index contributed by atoms with van der Waals surface area (Å²) < 4.78 is 0. The zero-order valence-electron chi connectivity index (χ0n) is 17.6. The van der Waals surface area contributed by atoms with E-state index in [0.29, 0.717) is 34.9 Å². The van der Waals surface area contributed by atoms with Crippen molar-refractivity contribution in [3.8, 4) is 0 Å². The molecular formula is C24H39NO2. The van der Waals surface area contributed by atoms with Crippen LogP contribution in [0.4, 0.5) is 0 Å². The summed E-state index contributed by atoms with van der Waals surface area (Å²) in [6.45, 7) is 7.47. The highest BCUT2D eigenvalue weighted by molar-refractivity contribution is 5.79. The number of ketones is 1. The highest BCUT2D eigenvalue weighted by Crippen LogP contribution is 2.68. The van der Waals surface area contributed by atoms with Crippen molar-refractivity contribution < 1.29 is 9.59 Å². The first-order chi connectivity index (χ1) is 12.8. The fourth-order valence-electron chi connectivity index (χ4n) is 8.59. The molecule has 0 saturated heterocycles. The van der Waals surface area contributed by atoms with Crippen LogP contribution < -0.4 is 5.73 Å². The largest absolute Gasteiger partial charge is 0.370 e. The number of Topliss-reactive ketones (excluding diaryl/α,β-unsaturated/α-hetero) is 1. The van der Waals surface area contributed by atoms with Gasteiger partial charge < -0.3 is 5.73 Å². The maximum atomic E-state index is 12.0. The summed E-state index contributed by atoms with van der Waals surface area (Å²) in [5.41, 5.74) is 6.28. The van der Waals surface area contributed by atoms with Crippen molar-refractivity contribution in [2.24, 2.45) is 52.1 Å². The third-order valence-corrected chi connectivity index (χ3v) is 10.1. The third-order valence-electron chi connectivity index (χ3n) is 10.1. The van der Waals surface area contributed by atoms with E-state index in [2.05, 4.69) is 20.8 Å². The Kier molecular flexibility index (Phi) is 4.96. The van der Waals surface area contributed by atoms with Crippen LogP contribution in [0.15, 0.2) is 0 Å². The molecule has 8 atom stereocenters. The minimum absolute atomic E-state index is 0.150. The molecule has 4 fully saturated rings. The molecule has 0 spiro atoms. The van der Waals surface area contributed by atoms with Crippen molar-refractivity contribution in [2.75, 3.05) is 0 Å². The van der Waals surface area contributed by atoms with Crippen LogP contribution in [0.1, 0.15) is 91.4 Å². The second kappa shape index (κ2) is 6.88. The first-order valence-corrected chi connectivity index (χ1v) is 11.6. The molecule has 0 heterocycles. The number of primary amides is 1. The maximum absolute atomic E-state index is 12.0.